The van der Waals surface area contributed by atoms with Gasteiger partial charge in [-0.05, 0) is 36.3 Å². The van der Waals surface area contributed by atoms with Crippen molar-refractivity contribution in [1.82, 2.24) is 13.9 Å². The molecule has 5 rings (SSSR count). The first kappa shape index (κ1) is 18.4. The molecule has 0 saturated carbocycles. The fourth-order valence-electron chi connectivity index (χ4n) is 4.81. The van der Waals surface area contributed by atoms with Gasteiger partial charge in [0.05, 0.1) is 12.6 Å². The number of rotatable bonds is 1. The van der Waals surface area contributed by atoms with E-state index in [9.17, 15) is 24.3 Å². The van der Waals surface area contributed by atoms with Crippen LogP contribution in [0, 0.1) is 0 Å². The number of nitrogens with zero attached hydrogens (tertiary/aromatic N) is 3. The predicted molar refractivity (Wildman–Crippen MR) is 107 cm³/mol. The van der Waals surface area contributed by atoms with Gasteiger partial charge in [0.25, 0.3) is 0 Å². The molecule has 0 unspecified atom stereocenters. The van der Waals surface area contributed by atoms with E-state index in [-0.39, 0.29) is 30.3 Å². The van der Waals surface area contributed by atoms with Crippen molar-refractivity contribution in [2.75, 3.05) is 0 Å². The minimum Gasteiger partial charge on any atom is -0.508 e. The molecule has 0 radical (unpaired) electrons. The van der Waals surface area contributed by atoms with Crippen LogP contribution in [0.3, 0.4) is 0 Å². The number of aromatic nitrogens is 3. The molecule has 2 aromatic rings. The Morgan fingerprint density at radius 2 is 1.73 bits per heavy atom. The van der Waals surface area contributed by atoms with Crippen molar-refractivity contribution < 1.29 is 14.7 Å². The number of fused-ring (bicyclic) bond motifs is 3. The second kappa shape index (κ2) is 6.16. The Bertz CT molecular complexity index is 1340. The van der Waals surface area contributed by atoms with Crippen LogP contribution >= 0.6 is 0 Å². The molecular formula is C22H19N3O5. The third-order valence-corrected chi connectivity index (χ3v) is 6.25. The maximum atomic E-state index is 13.0. The number of carbonyl (C=O) groups excluding carboxylic acids is 2. The number of carbonyl (C=O) groups is 2. The Hall–Kier alpha value is -3.68. The van der Waals surface area contributed by atoms with E-state index in [4.69, 9.17) is 0 Å². The van der Waals surface area contributed by atoms with E-state index < -0.39 is 23.3 Å². The number of Topliss-reactive ketones (excluding diaryl/α,β-unsaturated/α-hetero) is 1. The summed E-state index contributed by atoms with van der Waals surface area (Å²) in [6.45, 7) is 1.81. The zero-order valence-electron chi connectivity index (χ0n) is 16.5. The minimum absolute atomic E-state index is 0.0906. The van der Waals surface area contributed by atoms with Gasteiger partial charge in [0.2, 0.25) is 0 Å². The summed E-state index contributed by atoms with van der Waals surface area (Å²) in [4.78, 5) is 51.2. The van der Waals surface area contributed by atoms with Gasteiger partial charge in [-0.1, -0.05) is 18.2 Å². The van der Waals surface area contributed by atoms with Crippen LogP contribution in [0.4, 0.5) is 0 Å². The molecule has 2 atom stereocenters. The summed E-state index contributed by atoms with van der Waals surface area (Å²) in [6.07, 6.45) is 3.41. The maximum Gasteiger partial charge on any atom is 0.347 e. The normalized spacial score (nSPS) is 22.9. The summed E-state index contributed by atoms with van der Waals surface area (Å²) in [5.41, 5.74) is 1.84. The number of benzene rings is 1. The molecule has 2 heterocycles. The molecule has 30 heavy (non-hydrogen) atoms. The van der Waals surface area contributed by atoms with Gasteiger partial charge in [0.15, 0.2) is 11.6 Å². The second-order valence-corrected chi connectivity index (χ2v) is 7.91. The lowest BCUT2D eigenvalue weighted by molar-refractivity contribution is -0.116. The van der Waals surface area contributed by atoms with Crippen LogP contribution in [-0.2, 0) is 23.2 Å². The number of hydrogen-bond donors (Lipinski definition) is 1. The smallest absolute Gasteiger partial charge is 0.347 e. The molecule has 0 fully saturated rings. The van der Waals surface area contributed by atoms with E-state index in [1.54, 1.807) is 19.1 Å². The number of phenols is 1. The highest BCUT2D eigenvalue weighted by Gasteiger charge is 2.44. The highest BCUT2D eigenvalue weighted by Crippen LogP contribution is 2.49. The highest BCUT2D eigenvalue weighted by atomic mass is 16.3. The molecule has 0 amide bonds. The monoisotopic (exact) mass is 405 g/mol. The van der Waals surface area contributed by atoms with Gasteiger partial charge < -0.3 is 5.11 Å². The van der Waals surface area contributed by atoms with E-state index in [2.05, 4.69) is 0 Å². The summed E-state index contributed by atoms with van der Waals surface area (Å²) in [7, 11) is 1.43. The van der Waals surface area contributed by atoms with Crippen molar-refractivity contribution in [2.45, 2.75) is 31.8 Å². The summed E-state index contributed by atoms with van der Waals surface area (Å²) < 4.78 is 3.82. The third-order valence-electron chi connectivity index (χ3n) is 6.25. The highest BCUT2D eigenvalue weighted by molar-refractivity contribution is 6.23. The summed E-state index contributed by atoms with van der Waals surface area (Å²) in [6, 6.07) is 5.95. The van der Waals surface area contributed by atoms with Crippen LogP contribution in [0.2, 0.25) is 0 Å². The molecule has 8 nitrogen and oxygen atoms in total. The van der Waals surface area contributed by atoms with Gasteiger partial charge in [-0.2, -0.15) is 0 Å². The van der Waals surface area contributed by atoms with E-state index in [1.165, 1.54) is 34.6 Å². The second-order valence-electron chi connectivity index (χ2n) is 7.91. The first-order valence-corrected chi connectivity index (χ1v) is 9.67. The Kier molecular flexibility index (Phi) is 3.77. The topological polar surface area (TPSA) is 103 Å². The zero-order chi connectivity index (χ0) is 21.3. The van der Waals surface area contributed by atoms with Crippen molar-refractivity contribution in [2.24, 2.45) is 7.05 Å². The molecule has 8 heteroatoms. The quantitative estimate of drug-likeness (QED) is 0.566. The van der Waals surface area contributed by atoms with Crippen molar-refractivity contribution in [3.63, 3.8) is 0 Å². The van der Waals surface area contributed by atoms with Gasteiger partial charge in [0, 0.05) is 36.1 Å². The van der Waals surface area contributed by atoms with Crippen LogP contribution in [0.25, 0.3) is 0 Å². The van der Waals surface area contributed by atoms with Crippen LogP contribution < -0.4 is 11.4 Å². The molecule has 0 saturated heterocycles. The standard InChI is InChI=1S/C22H19N3O5/c1-11-9-17(27)19-15(20(11)28)10-16-14(18(19)12-3-5-13(26)6-4-12)7-8-24-21(29)23(2)22(30)25(16)24/h3-7,9,16,18,26H,8,10H2,1-2H3/t16-,18+/m1/s1. The summed E-state index contributed by atoms with van der Waals surface area (Å²) in [5.74, 6) is -0.872. The van der Waals surface area contributed by atoms with Gasteiger partial charge in [0.1, 0.15) is 5.75 Å². The molecule has 152 valence electrons. The van der Waals surface area contributed by atoms with Crippen molar-refractivity contribution in [3.8, 4) is 5.75 Å². The predicted octanol–water partition coefficient (Wildman–Crippen LogP) is 1.12. The molecule has 3 aliphatic rings. The molecule has 0 bridgehead atoms. The van der Waals surface area contributed by atoms with Gasteiger partial charge >= 0.3 is 11.4 Å². The Balaban J connectivity index is 1.78. The van der Waals surface area contributed by atoms with Crippen LogP contribution in [-0.4, -0.2) is 30.6 Å². The van der Waals surface area contributed by atoms with Crippen LogP contribution in [0.1, 0.15) is 30.9 Å². The maximum absolute atomic E-state index is 13.0. The lowest BCUT2D eigenvalue weighted by atomic mass is 9.68. The molecule has 1 aliphatic heterocycles. The fraction of sp³-hybridized carbons (Fsp3) is 0.273. The van der Waals surface area contributed by atoms with Gasteiger partial charge in [-0.3, -0.25) is 9.59 Å². The Labute approximate surface area is 170 Å². The number of phenolic OH excluding ortho intramolecular Hbond substituents is 1. The first-order chi connectivity index (χ1) is 14.3. The molecular weight excluding hydrogens is 386 g/mol. The van der Waals surface area contributed by atoms with E-state index in [1.807, 2.05) is 6.08 Å². The molecule has 1 N–H and O–H groups in total. The number of aromatic hydroxyl groups is 1. The fourth-order valence-corrected chi connectivity index (χ4v) is 4.81. The first-order valence-electron chi connectivity index (χ1n) is 9.67. The van der Waals surface area contributed by atoms with Crippen molar-refractivity contribution >= 4 is 11.6 Å². The molecule has 1 aromatic heterocycles. The Morgan fingerprint density at radius 3 is 2.43 bits per heavy atom. The summed E-state index contributed by atoms with van der Waals surface area (Å²) >= 11 is 0. The van der Waals surface area contributed by atoms with E-state index in [0.717, 1.165) is 15.7 Å². The Morgan fingerprint density at radius 1 is 1.03 bits per heavy atom. The zero-order valence-corrected chi connectivity index (χ0v) is 16.5. The average Bonchev–Trinajstić information content (AvgIpc) is 2.95. The molecule has 1 aromatic carbocycles. The van der Waals surface area contributed by atoms with E-state index >= 15 is 0 Å². The van der Waals surface area contributed by atoms with Crippen molar-refractivity contribution in [1.29, 1.82) is 0 Å². The molecule has 0 spiro atoms. The minimum atomic E-state index is -0.541. The number of hydrogen-bond acceptors (Lipinski definition) is 5. The average molecular weight is 405 g/mol. The van der Waals surface area contributed by atoms with Crippen LogP contribution in [0.5, 0.6) is 5.75 Å². The van der Waals surface area contributed by atoms with Gasteiger partial charge in [-0.25, -0.2) is 23.5 Å². The van der Waals surface area contributed by atoms with Crippen molar-refractivity contribution in [3.05, 3.63) is 85.2 Å². The number of allylic oxidation sites excluding steroid dienone is 6. The van der Waals surface area contributed by atoms with E-state index in [0.29, 0.717) is 16.7 Å². The largest absolute Gasteiger partial charge is 0.508 e. The lowest BCUT2D eigenvalue weighted by Crippen LogP contribution is -2.40. The van der Waals surface area contributed by atoms with Crippen LogP contribution in [0.15, 0.2) is 68.3 Å². The lowest BCUT2D eigenvalue weighted by Gasteiger charge is -2.39. The molecule has 2 aliphatic carbocycles. The van der Waals surface area contributed by atoms with Gasteiger partial charge in [-0.15, -0.1) is 0 Å². The third kappa shape index (κ3) is 2.33. The SMILES string of the molecule is CC1=CC(=O)C2=C(C[C@@H]3C(=CCn4c(=O)n(C)c(=O)n43)[C@@H]2c2ccc(O)cc2)C1=O. The number of ketones is 2. The summed E-state index contributed by atoms with van der Waals surface area (Å²) in [5, 5.41) is 9.71.